The second-order valence-electron chi connectivity index (χ2n) is 5.25. The van der Waals surface area contributed by atoms with Crippen LogP contribution in [0, 0.1) is 0 Å². The number of nitrogens with one attached hydrogen (secondary N) is 1. The van der Waals surface area contributed by atoms with Crippen molar-refractivity contribution >= 4 is 15.5 Å². The second kappa shape index (κ2) is 5.49. The number of sulfone groups is 1. The lowest BCUT2D eigenvalue weighted by Gasteiger charge is -2.35. The van der Waals surface area contributed by atoms with Crippen LogP contribution in [0.2, 0.25) is 0 Å². The zero-order valence-corrected chi connectivity index (χ0v) is 12.6. The Morgan fingerprint density at radius 3 is 2.52 bits per heavy atom. The molecule has 0 spiro atoms. The highest BCUT2D eigenvalue weighted by molar-refractivity contribution is 7.90. The third-order valence-electron chi connectivity index (χ3n) is 3.41. The van der Waals surface area contributed by atoms with E-state index in [2.05, 4.69) is 5.32 Å². The highest BCUT2D eigenvalue weighted by Gasteiger charge is 2.36. The fraction of sp³-hybridized carbons (Fsp3) is 0.538. The van der Waals surface area contributed by atoms with E-state index in [4.69, 9.17) is 0 Å². The molecule has 1 heterocycles. The lowest BCUT2D eigenvalue weighted by Crippen LogP contribution is -2.49. The maximum absolute atomic E-state index is 13.2. The minimum absolute atomic E-state index is 0.0308. The van der Waals surface area contributed by atoms with Gasteiger partial charge in [0.2, 0.25) is 0 Å². The molecule has 0 aromatic heterocycles. The van der Waals surface area contributed by atoms with Crippen molar-refractivity contribution in [1.82, 2.24) is 5.32 Å². The van der Waals surface area contributed by atoms with Crippen LogP contribution in [0.15, 0.2) is 23.1 Å². The number of benzene rings is 1. The van der Waals surface area contributed by atoms with Gasteiger partial charge in [0.05, 0.1) is 10.5 Å². The molecule has 0 aliphatic carbocycles. The van der Waals surface area contributed by atoms with Crippen LogP contribution in [-0.4, -0.2) is 40.3 Å². The first-order valence-corrected chi connectivity index (χ1v) is 8.38. The van der Waals surface area contributed by atoms with E-state index in [1.807, 2.05) is 6.92 Å². The molecule has 1 aromatic rings. The number of halogens is 3. The summed E-state index contributed by atoms with van der Waals surface area (Å²) in [6, 6.07) is 3.27. The fourth-order valence-corrected chi connectivity index (χ4v) is 3.05. The van der Waals surface area contributed by atoms with E-state index < -0.39 is 21.6 Å². The van der Waals surface area contributed by atoms with Crippen molar-refractivity contribution in [3.05, 3.63) is 23.8 Å². The molecule has 1 fully saturated rings. The maximum atomic E-state index is 13.2. The van der Waals surface area contributed by atoms with Gasteiger partial charge >= 0.3 is 6.18 Å². The smallest absolute Gasteiger partial charge is 0.368 e. The first-order valence-electron chi connectivity index (χ1n) is 6.48. The van der Waals surface area contributed by atoms with Crippen molar-refractivity contribution in [3.63, 3.8) is 0 Å². The van der Waals surface area contributed by atoms with Crippen LogP contribution in [0.3, 0.4) is 0 Å². The SMILES string of the molecule is CC1CN(c2ccc(S(C)(=O)=O)cc2C(F)(F)F)CCN1. The summed E-state index contributed by atoms with van der Waals surface area (Å²) in [4.78, 5) is 1.32. The lowest BCUT2D eigenvalue weighted by atomic mass is 10.1. The molecule has 2 rings (SSSR count). The van der Waals surface area contributed by atoms with Crippen LogP contribution >= 0.6 is 0 Å². The van der Waals surface area contributed by atoms with Crippen molar-refractivity contribution in [2.24, 2.45) is 0 Å². The van der Waals surface area contributed by atoms with E-state index in [0.29, 0.717) is 19.6 Å². The molecule has 1 saturated heterocycles. The van der Waals surface area contributed by atoms with Crippen LogP contribution in [0.1, 0.15) is 12.5 Å². The Morgan fingerprint density at radius 1 is 1.33 bits per heavy atom. The van der Waals surface area contributed by atoms with Gasteiger partial charge in [0, 0.05) is 37.6 Å². The summed E-state index contributed by atoms with van der Waals surface area (Å²) >= 11 is 0. The number of anilines is 1. The summed E-state index contributed by atoms with van der Waals surface area (Å²) in [5.41, 5.74) is -0.872. The number of alkyl halides is 3. The molecule has 1 aliphatic heterocycles. The Morgan fingerprint density at radius 2 is 2.00 bits per heavy atom. The molecule has 0 radical (unpaired) electrons. The summed E-state index contributed by atoms with van der Waals surface area (Å²) in [6.07, 6.45) is -3.70. The van der Waals surface area contributed by atoms with Gasteiger partial charge < -0.3 is 10.2 Å². The molecule has 0 amide bonds. The Balaban J connectivity index is 2.50. The number of hydrogen-bond donors (Lipinski definition) is 1. The first-order chi connectivity index (χ1) is 9.59. The van der Waals surface area contributed by atoms with E-state index in [1.54, 1.807) is 4.90 Å². The highest BCUT2D eigenvalue weighted by atomic mass is 32.2. The Labute approximate surface area is 121 Å². The standard InChI is InChI=1S/C13H17F3N2O2S/c1-9-8-18(6-5-17-9)12-4-3-10(21(2,19)20)7-11(12)13(14,15)16/h3-4,7,9,17H,5-6,8H2,1-2H3. The molecule has 1 unspecified atom stereocenters. The number of piperazine rings is 1. The molecule has 0 saturated carbocycles. The van der Waals surface area contributed by atoms with Gasteiger partial charge in [0.25, 0.3) is 0 Å². The third kappa shape index (κ3) is 3.68. The van der Waals surface area contributed by atoms with E-state index in [0.717, 1.165) is 12.3 Å². The normalized spacial score (nSPS) is 20.6. The number of hydrogen-bond acceptors (Lipinski definition) is 4. The van der Waals surface area contributed by atoms with Crippen molar-refractivity contribution in [2.45, 2.75) is 24.0 Å². The Bertz CT molecular complexity index is 629. The molecule has 4 nitrogen and oxygen atoms in total. The number of nitrogens with zero attached hydrogens (tertiary/aromatic N) is 1. The zero-order valence-electron chi connectivity index (χ0n) is 11.7. The van der Waals surface area contributed by atoms with E-state index in [-0.39, 0.29) is 16.6 Å². The number of rotatable bonds is 2. The van der Waals surface area contributed by atoms with E-state index >= 15 is 0 Å². The molecule has 1 aromatic carbocycles. The van der Waals surface area contributed by atoms with Gasteiger partial charge in [-0.05, 0) is 25.1 Å². The molecular formula is C13H17F3N2O2S. The van der Waals surface area contributed by atoms with Gasteiger partial charge in [0.15, 0.2) is 9.84 Å². The van der Waals surface area contributed by atoms with Crippen LogP contribution < -0.4 is 10.2 Å². The van der Waals surface area contributed by atoms with Crippen molar-refractivity contribution < 1.29 is 21.6 Å². The highest BCUT2D eigenvalue weighted by Crippen LogP contribution is 2.38. The fourth-order valence-electron chi connectivity index (χ4n) is 2.40. The van der Waals surface area contributed by atoms with Gasteiger partial charge in [-0.1, -0.05) is 0 Å². The molecule has 0 bridgehead atoms. The maximum Gasteiger partial charge on any atom is 0.418 e. The van der Waals surface area contributed by atoms with Gasteiger partial charge in [-0.15, -0.1) is 0 Å². The second-order valence-corrected chi connectivity index (χ2v) is 7.27. The average molecular weight is 322 g/mol. The molecule has 21 heavy (non-hydrogen) atoms. The Hall–Kier alpha value is -1.28. The minimum Gasteiger partial charge on any atom is -0.368 e. The van der Waals surface area contributed by atoms with Gasteiger partial charge in [0.1, 0.15) is 0 Å². The van der Waals surface area contributed by atoms with Crippen molar-refractivity contribution in [3.8, 4) is 0 Å². The minimum atomic E-state index is -4.59. The van der Waals surface area contributed by atoms with Crippen LogP contribution in [0.4, 0.5) is 18.9 Å². The molecule has 1 atom stereocenters. The summed E-state index contributed by atoms with van der Waals surface area (Å²) in [7, 11) is -3.67. The van der Waals surface area contributed by atoms with Crippen LogP contribution in [-0.2, 0) is 16.0 Å². The van der Waals surface area contributed by atoms with Crippen molar-refractivity contribution in [1.29, 1.82) is 0 Å². The monoisotopic (exact) mass is 322 g/mol. The summed E-state index contributed by atoms with van der Waals surface area (Å²) in [5, 5.41) is 3.16. The lowest BCUT2D eigenvalue weighted by molar-refractivity contribution is -0.137. The van der Waals surface area contributed by atoms with Crippen molar-refractivity contribution in [2.75, 3.05) is 30.8 Å². The Kier molecular flexibility index (Phi) is 4.21. The molecule has 118 valence electrons. The topological polar surface area (TPSA) is 49.4 Å². The summed E-state index contributed by atoms with van der Waals surface area (Å²) < 4.78 is 62.6. The summed E-state index contributed by atoms with van der Waals surface area (Å²) in [5.74, 6) is 0. The van der Waals surface area contributed by atoms with Crippen LogP contribution in [0.25, 0.3) is 0 Å². The summed E-state index contributed by atoms with van der Waals surface area (Å²) in [6.45, 7) is 3.38. The molecule has 8 heteroatoms. The van der Waals surface area contributed by atoms with Crippen LogP contribution in [0.5, 0.6) is 0 Å². The van der Waals surface area contributed by atoms with Gasteiger partial charge in [-0.25, -0.2) is 8.42 Å². The average Bonchev–Trinajstić information content (AvgIpc) is 2.36. The zero-order chi connectivity index (χ0) is 15.8. The third-order valence-corrected chi connectivity index (χ3v) is 4.52. The molecular weight excluding hydrogens is 305 g/mol. The molecule has 1 aliphatic rings. The quantitative estimate of drug-likeness (QED) is 0.904. The molecule has 1 N–H and O–H groups in total. The predicted octanol–water partition coefficient (Wildman–Crippen LogP) is 1.91. The van der Waals surface area contributed by atoms with E-state index in [9.17, 15) is 21.6 Å². The van der Waals surface area contributed by atoms with Gasteiger partial charge in [-0.2, -0.15) is 13.2 Å². The van der Waals surface area contributed by atoms with E-state index in [1.165, 1.54) is 12.1 Å². The largest absolute Gasteiger partial charge is 0.418 e. The van der Waals surface area contributed by atoms with Gasteiger partial charge in [-0.3, -0.25) is 0 Å². The first kappa shape index (κ1) is 16.1. The predicted molar refractivity (Wildman–Crippen MR) is 74.2 cm³/mol.